The van der Waals surface area contributed by atoms with Crippen LogP contribution in [0.25, 0.3) is 11.3 Å². The van der Waals surface area contributed by atoms with Gasteiger partial charge in [0.15, 0.2) is 5.69 Å². The second-order valence-corrected chi connectivity index (χ2v) is 8.92. The number of rotatable bonds is 6. The summed E-state index contributed by atoms with van der Waals surface area (Å²) in [6, 6.07) is 12.9. The smallest absolute Gasteiger partial charge is 0.247 e. The Balaban J connectivity index is 1.92. The minimum absolute atomic E-state index is 0.201. The molecule has 8 nitrogen and oxygen atoms in total. The Morgan fingerprint density at radius 3 is 2.64 bits per heavy atom. The summed E-state index contributed by atoms with van der Waals surface area (Å²) in [6.45, 7) is 5.76. The van der Waals surface area contributed by atoms with E-state index < -0.39 is 6.23 Å². The summed E-state index contributed by atoms with van der Waals surface area (Å²) in [4.78, 5) is 19.2. The number of aromatic nitrogens is 3. The largest absolute Gasteiger partial charge is 0.497 e. The predicted molar refractivity (Wildman–Crippen MR) is 127 cm³/mol. The topological polar surface area (TPSA) is 86.7 Å². The number of amides is 1. The molecule has 0 radical (unpaired) electrons. The number of anilines is 1. The average Bonchev–Trinajstić information content (AvgIpc) is 2.96. The monoisotopic (exact) mass is 466 g/mol. The molecule has 2 heterocycles. The van der Waals surface area contributed by atoms with Gasteiger partial charge in [0, 0.05) is 18.2 Å². The minimum atomic E-state index is -0.852. The first kappa shape index (κ1) is 22.8. The summed E-state index contributed by atoms with van der Waals surface area (Å²) in [5.41, 5.74) is 2.48. The van der Waals surface area contributed by atoms with Gasteiger partial charge in [-0.15, -0.1) is 10.2 Å². The van der Waals surface area contributed by atoms with Crippen molar-refractivity contribution in [2.45, 2.75) is 32.2 Å². The van der Waals surface area contributed by atoms with Crippen LogP contribution in [0.1, 0.15) is 32.6 Å². The Morgan fingerprint density at radius 1 is 1.15 bits per heavy atom. The molecule has 9 heteroatoms. The van der Waals surface area contributed by atoms with Crippen LogP contribution in [0, 0.1) is 5.92 Å². The van der Waals surface area contributed by atoms with Gasteiger partial charge < -0.3 is 14.2 Å². The first-order chi connectivity index (χ1) is 15.9. The second kappa shape index (κ2) is 9.66. The van der Waals surface area contributed by atoms with E-state index in [0.717, 1.165) is 5.75 Å². The van der Waals surface area contributed by atoms with E-state index in [4.69, 9.17) is 14.2 Å². The molecule has 0 aliphatic carbocycles. The van der Waals surface area contributed by atoms with Crippen LogP contribution >= 0.6 is 11.8 Å². The van der Waals surface area contributed by atoms with Gasteiger partial charge in [-0.3, -0.25) is 9.69 Å². The van der Waals surface area contributed by atoms with Crippen molar-refractivity contribution in [2.75, 3.05) is 24.9 Å². The highest BCUT2D eigenvalue weighted by Gasteiger charge is 2.36. The molecule has 33 heavy (non-hydrogen) atoms. The van der Waals surface area contributed by atoms with Crippen molar-refractivity contribution in [3.05, 3.63) is 48.0 Å². The molecule has 0 saturated carbocycles. The van der Waals surface area contributed by atoms with Crippen LogP contribution in [-0.4, -0.2) is 41.1 Å². The van der Waals surface area contributed by atoms with Crippen LogP contribution in [0.4, 0.5) is 5.69 Å². The molecule has 0 unspecified atom stereocenters. The number of nitrogens with zero attached hydrogens (tertiary/aromatic N) is 4. The SMILES string of the molecule is COc1ccc(OC)c([C@H]2Oc3nc(SCC(C)C)nnc3-c3ccccc3N2C(C)=O)c1. The normalized spacial score (nSPS) is 14.7. The van der Waals surface area contributed by atoms with E-state index in [2.05, 4.69) is 29.0 Å². The zero-order chi connectivity index (χ0) is 23.5. The number of methoxy groups -OCH3 is 2. The minimum Gasteiger partial charge on any atom is -0.497 e. The lowest BCUT2D eigenvalue weighted by Crippen LogP contribution is -2.36. The molecule has 0 fully saturated rings. The molecule has 1 aliphatic rings. The van der Waals surface area contributed by atoms with E-state index in [0.29, 0.717) is 51.0 Å². The van der Waals surface area contributed by atoms with Crippen LogP contribution in [0.5, 0.6) is 17.4 Å². The highest BCUT2D eigenvalue weighted by Crippen LogP contribution is 2.45. The van der Waals surface area contributed by atoms with Crippen molar-refractivity contribution < 1.29 is 19.0 Å². The standard InChI is InChI=1S/C24H26N4O4S/c1-14(2)13-33-24-25-22-21(26-27-24)17-8-6-7-9-19(17)28(15(3)29)23(32-22)18-12-16(30-4)10-11-20(18)31-5/h6-12,14,23H,13H2,1-5H3/t23-/m1/s1. The lowest BCUT2D eigenvalue weighted by Gasteiger charge is -2.30. The molecule has 0 bridgehead atoms. The first-order valence-corrected chi connectivity index (χ1v) is 11.6. The number of carbonyl (C=O) groups is 1. The fourth-order valence-corrected chi connectivity index (χ4v) is 4.32. The van der Waals surface area contributed by atoms with Crippen molar-refractivity contribution in [2.24, 2.45) is 5.92 Å². The highest BCUT2D eigenvalue weighted by molar-refractivity contribution is 7.99. The Bertz CT molecular complexity index is 1170. The fraction of sp³-hybridized carbons (Fsp3) is 0.333. The van der Waals surface area contributed by atoms with Gasteiger partial charge in [0.05, 0.1) is 25.5 Å². The van der Waals surface area contributed by atoms with Gasteiger partial charge in [0.2, 0.25) is 23.2 Å². The van der Waals surface area contributed by atoms with Gasteiger partial charge in [-0.05, 0) is 30.2 Å². The van der Waals surface area contributed by atoms with Crippen molar-refractivity contribution in [3.63, 3.8) is 0 Å². The van der Waals surface area contributed by atoms with Gasteiger partial charge in [-0.1, -0.05) is 43.8 Å². The van der Waals surface area contributed by atoms with Gasteiger partial charge in [-0.25, -0.2) is 0 Å². The molecule has 0 N–H and O–H groups in total. The van der Waals surface area contributed by atoms with E-state index in [1.165, 1.54) is 18.7 Å². The van der Waals surface area contributed by atoms with Crippen molar-refractivity contribution in [3.8, 4) is 28.6 Å². The fourth-order valence-electron chi connectivity index (χ4n) is 3.59. The first-order valence-electron chi connectivity index (χ1n) is 10.6. The third-order valence-corrected chi connectivity index (χ3v) is 6.36. The number of ether oxygens (including phenoxy) is 3. The maximum atomic E-state index is 13.0. The van der Waals surface area contributed by atoms with Crippen LogP contribution in [0.3, 0.4) is 0 Å². The number of carbonyl (C=O) groups excluding carboxylic acids is 1. The molecule has 2 aromatic carbocycles. The van der Waals surface area contributed by atoms with Gasteiger partial charge in [-0.2, -0.15) is 4.98 Å². The van der Waals surface area contributed by atoms with E-state index in [1.807, 2.05) is 24.3 Å². The molecule has 1 amide bonds. The Kier molecular flexibility index (Phi) is 6.69. The van der Waals surface area contributed by atoms with Crippen LogP contribution < -0.4 is 19.1 Å². The number of fused-ring (bicyclic) bond motifs is 3. The van der Waals surface area contributed by atoms with E-state index in [9.17, 15) is 4.79 Å². The average molecular weight is 467 g/mol. The van der Waals surface area contributed by atoms with E-state index in [-0.39, 0.29) is 5.91 Å². The number of thioether (sulfide) groups is 1. The maximum absolute atomic E-state index is 13.0. The third-order valence-electron chi connectivity index (χ3n) is 5.10. The summed E-state index contributed by atoms with van der Waals surface area (Å²) in [5, 5.41) is 9.27. The van der Waals surface area contributed by atoms with Crippen molar-refractivity contribution in [1.29, 1.82) is 0 Å². The molecular formula is C24H26N4O4S. The second-order valence-electron chi connectivity index (χ2n) is 7.94. The van der Waals surface area contributed by atoms with E-state index in [1.54, 1.807) is 37.3 Å². The summed E-state index contributed by atoms with van der Waals surface area (Å²) in [7, 11) is 3.16. The molecule has 4 rings (SSSR count). The Morgan fingerprint density at radius 2 is 1.94 bits per heavy atom. The van der Waals surface area contributed by atoms with Gasteiger partial charge >= 0.3 is 0 Å². The molecule has 1 aliphatic heterocycles. The Labute approximate surface area is 197 Å². The summed E-state index contributed by atoms with van der Waals surface area (Å²) >= 11 is 1.52. The molecule has 1 atom stereocenters. The van der Waals surface area contributed by atoms with Crippen molar-refractivity contribution in [1.82, 2.24) is 15.2 Å². The maximum Gasteiger partial charge on any atom is 0.247 e. The van der Waals surface area contributed by atoms with E-state index >= 15 is 0 Å². The lowest BCUT2D eigenvalue weighted by atomic mass is 10.1. The van der Waals surface area contributed by atoms with Crippen LogP contribution in [-0.2, 0) is 4.79 Å². The van der Waals surface area contributed by atoms with Crippen LogP contribution in [0.2, 0.25) is 0 Å². The number of para-hydroxylation sites is 1. The summed E-state index contributed by atoms with van der Waals surface area (Å²) < 4.78 is 17.5. The Hall–Kier alpha value is -3.33. The van der Waals surface area contributed by atoms with Crippen molar-refractivity contribution >= 4 is 23.4 Å². The molecule has 172 valence electrons. The number of benzene rings is 2. The third kappa shape index (κ3) is 4.59. The highest BCUT2D eigenvalue weighted by atomic mass is 32.2. The quantitative estimate of drug-likeness (QED) is 0.481. The number of hydrogen-bond donors (Lipinski definition) is 0. The number of hydrogen-bond acceptors (Lipinski definition) is 8. The zero-order valence-electron chi connectivity index (χ0n) is 19.2. The molecule has 1 aromatic heterocycles. The molecule has 0 spiro atoms. The summed E-state index contributed by atoms with van der Waals surface area (Å²) in [6.07, 6.45) is -0.852. The molecule has 0 saturated heterocycles. The lowest BCUT2D eigenvalue weighted by molar-refractivity contribution is -0.118. The predicted octanol–water partition coefficient (Wildman–Crippen LogP) is 4.75. The molecule has 3 aromatic rings. The zero-order valence-corrected chi connectivity index (χ0v) is 20.0. The van der Waals surface area contributed by atoms with Crippen LogP contribution in [0.15, 0.2) is 47.6 Å². The summed E-state index contributed by atoms with van der Waals surface area (Å²) in [5.74, 6) is 2.61. The molecular weight excluding hydrogens is 440 g/mol. The van der Waals surface area contributed by atoms with Gasteiger partial charge in [0.1, 0.15) is 11.5 Å². The van der Waals surface area contributed by atoms with Gasteiger partial charge in [0.25, 0.3) is 0 Å².